The number of aliphatic hydroxyl groups excluding tert-OH is 1. The summed E-state index contributed by atoms with van der Waals surface area (Å²) in [7, 11) is 0. The molecule has 0 saturated heterocycles. The third kappa shape index (κ3) is 2.30. The van der Waals surface area contributed by atoms with Gasteiger partial charge in [0.25, 0.3) is 0 Å². The maximum Gasteiger partial charge on any atom is 0.100 e. The molecule has 3 nitrogen and oxygen atoms in total. The number of hydrogen-bond acceptors (Lipinski definition) is 3. The molecule has 0 aliphatic heterocycles. The van der Waals surface area contributed by atoms with Crippen LogP contribution in [-0.4, -0.2) is 28.6 Å². The van der Waals surface area contributed by atoms with Gasteiger partial charge in [0, 0.05) is 11.1 Å². The summed E-state index contributed by atoms with van der Waals surface area (Å²) in [6.45, 7) is 10.4. The molecule has 1 aromatic rings. The number of likely N-dealkylation sites (N-methyl/N-ethyl adjacent to an activating group) is 1. The minimum Gasteiger partial charge on any atom is -0.472 e. The van der Waals surface area contributed by atoms with Crippen molar-refractivity contribution in [1.82, 2.24) is 4.90 Å². The van der Waals surface area contributed by atoms with E-state index >= 15 is 0 Å². The quantitative estimate of drug-likeness (QED) is 0.808. The fourth-order valence-corrected chi connectivity index (χ4v) is 2.33. The van der Waals surface area contributed by atoms with Crippen LogP contribution in [0.1, 0.15) is 45.8 Å². The van der Waals surface area contributed by atoms with Gasteiger partial charge in [0.2, 0.25) is 0 Å². The highest BCUT2D eigenvalue weighted by molar-refractivity contribution is 5.15. The topological polar surface area (TPSA) is 36.6 Å². The lowest BCUT2D eigenvalue weighted by Crippen LogP contribution is -2.50. The lowest BCUT2D eigenvalue weighted by Gasteiger charge is -2.43. The zero-order valence-corrected chi connectivity index (χ0v) is 10.7. The van der Waals surface area contributed by atoms with Crippen molar-refractivity contribution in [3.63, 3.8) is 0 Å². The van der Waals surface area contributed by atoms with Gasteiger partial charge >= 0.3 is 0 Å². The van der Waals surface area contributed by atoms with Gasteiger partial charge in [-0.05, 0) is 32.5 Å². The van der Waals surface area contributed by atoms with Crippen LogP contribution in [0.4, 0.5) is 0 Å². The summed E-state index contributed by atoms with van der Waals surface area (Å²) in [6, 6.07) is 1.84. The van der Waals surface area contributed by atoms with E-state index in [1.54, 1.807) is 12.5 Å². The molecule has 0 bridgehead atoms. The molecule has 1 N–H and O–H groups in total. The Morgan fingerprint density at radius 3 is 2.38 bits per heavy atom. The highest BCUT2D eigenvalue weighted by atomic mass is 16.3. The maximum absolute atomic E-state index is 10.5. The minimum atomic E-state index is -0.504. The SMILES string of the molecule is CCN(CC)C(C)(CC)C(O)c1ccoc1. The average Bonchev–Trinajstić information content (AvgIpc) is 2.82. The van der Waals surface area contributed by atoms with Gasteiger partial charge in [-0.1, -0.05) is 20.8 Å². The van der Waals surface area contributed by atoms with E-state index in [1.807, 2.05) is 6.07 Å². The molecular formula is C13H23NO2. The van der Waals surface area contributed by atoms with E-state index in [0.717, 1.165) is 25.1 Å². The summed E-state index contributed by atoms with van der Waals surface area (Å²) >= 11 is 0. The summed E-state index contributed by atoms with van der Waals surface area (Å²) in [5, 5.41) is 10.5. The number of hydrogen-bond donors (Lipinski definition) is 1. The van der Waals surface area contributed by atoms with Crippen LogP contribution in [-0.2, 0) is 0 Å². The Bertz CT molecular complexity index is 293. The molecule has 1 aromatic heterocycles. The summed E-state index contributed by atoms with van der Waals surface area (Å²) in [5.41, 5.74) is 0.629. The van der Waals surface area contributed by atoms with Crippen molar-refractivity contribution in [1.29, 1.82) is 0 Å². The number of rotatable bonds is 6. The molecule has 2 unspecified atom stereocenters. The van der Waals surface area contributed by atoms with Gasteiger partial charge in [0.05, 0.1) is 12.5 Å². The molecule has 1 rings (SSSR count). The summed E-state index contributed by atoms with van der Waals surface area (Å²) in [5.74, 6) is 0. The second kappa shape index (κ2) is 5.51. The molecule has 1 heterocycles. The Kier molecular flexibility index (Phi) is 4.56. The second-order valence-corrected chi connectivity index (χ2v) is 4.34. The van der Waals surface area contributed by atoms with Crippen molar-refractivity contribution >= 4 is 0 Å². The van der Waals surface area contributed by atoms with E-state index in [9.17, 15) is 5.11 Å². The van der Waals surface area contributed by atoms with Crippen molar-refractivity contribution in [2.75, 3.05) is 13.1 Å². The first-order valence-corrected chi connectivity index (χ1v) is 6.05. The fourth-order valence-electron chi connectivity index (χ4n) is 2.33. The third-order valence-corrected chi connectivity index (χ3v) is 3.65. The van der Waals surface area contributed by atoms with Crippen LogP contribution in [0.3, 0.4) is 0 Å². The summed E-state index contributed by atoms with van der Waals surface area (Å²) in [4.78, 5) is 2.30. The number of aliphatic hydroxyl groups is 1. The summed E-state index contributed by atoms with van der Waals surface area (Å²) in [6.07, 6.45) is 3.64. The maximum atomic E-state index is 10.5. The van der Waals surface area contributed by atoms with Gasteiger partial charge < -0.3 is 9.52 Å². The van der Waals surface area contributed by atoms with E-state index in [-0.39, 0.29) is 5.54 Å². The van der Waals surface area contributed by atoms with Gasteiger partial charge in [0.15, 0.2) is 0 Å². The predicted molar refractivity (Wildman–Crippen MR) is 65.3 cm³/mol. The Balaban J connectivity index is 2.95. The van der Waals surface area contributed by atoms with E-state index < -0.39 is 6.10 Å². The highest BCUT2D eigenvalue weighted by Gasteiger charge is 2.37. The van der Waals surface area contributed by atoms with Gasteiger partial charge in [-0.2, -0.15) is 0 Å². The van der Waals surface area contributed by atoms with Crippen LogP contribution in [0.5, 0.6) is 0 Å². The van der Waals surface area contributed by atoms with Crippen LogP contribution < -0.4 is 0 Å². The van der Waals surface area contributed by atoms with Crippen molar-refractivity contribution in [2.45, 2.75) is 45.8 Å². The smallest absolute Gasteiger partial charge is 0.100 e. The molecule has 0 amide bonds. The Morgan fingerprint density at radius 2 is 2.00 bits per heavy atom. The third-order valence-electron chi connectivity index (χ3n) is 3.65. The lowest BCUT2D eigenvalue weighted by molar-refractivity contribution is -0.0216. The number of nitrogens with zero attached hydrogens (tertiary/aromatic N) is 1. The molecule has 0 fully saturated rings. The molecule has 0 spiro atoms. The first-order chi connectivity index (χ1) is 7.60. The predicted octanol–water partition coefficient (Wildman–Crippen LogP) is 2.82. The van der Waals surface area contributed by atoms with Gasteiger partial charge in [-0.3, -0.25) is 4.90 Å². The minimum absolute atomic E-state index is 0.229. The largest absolute Gasteiger partial charge is 0.472 e. The Hall–Kier alpha value is -0.800. The molecule has 16 heavy (non-hydrogen) atoms. The van der Waals surface area contributed by atoms with Crippen LogP contribution in [0, 0.1) is 0 Å². The van der Waals surface area contributed by atoms with Crippen LogP contribution >= 0.6 is 0 Å². The zero-order chi connectivity index (χ0) is 12.2. The molecule has 0 aromatic carbocycles. The standard InChI is InChI=1S/C13H23NO2/c1-5-13(4,14(6-2)7-3)12(15)11-8-9-16-10-11/h8-10,12,15H,5-7H2,1-4H3. The summed E-state index contributed by atoms with van der Waals surface area (Å²) < 4.78 is 5.04. The molecule has 3 heteroatoms. The van der Waals surface area contributed by atoms with Crippen LogP contribution in [0.15, 0.2) is 23.0 Å². The molecule has 2 atom stereocenters. The van der Waals surface area contributed by atoms with E-state index in [2.05, 4.69) is 32.6 Å². The first kappa shape index (κ1) is 13.3. The zero-order valence-electron chi connectivity index (χ0n) is 10.7. The Labute approximate surface area is 98.1 Å². The van der Waals surface area contributed by atoms with Crippen molar-refractivity contribution in [3.05, 3.63) is 24.2 Å². The van der Waals surface area contributed by atoms with Crippen molar-refractivity contribution in [3.8, 4) is 0 Å². The van der Waals surface area contributed by atoms with Crippen LogP contribution in [0.2, 0.25) is 0 Å². The van der Waals surface area contributed by atoms with Crippen molar-refractivity contribution < 1.29 is 9.52 Å². The second-order valence-electron chi connectivity index (χ2n) is 4.34. The monoisotopic (exact) mass is 225 g/mol. The normalized spacial score (nSPS) is 17.4. The highest BCUT2D eigenvalue weighted by Crippen LogP contribution is 2.34. The average molecular weight is 225 g/mol. The molecule has 92 valence electrons. The van der Waals surface area contributed by atoms with Crippen LogP contribution in [0.25, 0.3) is 0 Å². The molecule has 0 aliphatic carbocycles. The van der Waals surface area contributed by atoms with Crippen molar-refractivity contribution in [2.24, 2.45) is 0 Å². The molecule has 0 saturated carbocycles. The first-order valence-electron chi connectivity index (χ1n) is 6.05. The molecule has 0 aliphatic rings. The van der Waals surface area contributed by atoms with E-state index in [0.29, 0.717) is 0 Å². The van der Waals surface area contributed by atoms with Gasteiger partial charge in [0.1, 0.15) is 6.10 Å². The van der Waals surface area contributed by atoms with E-state index in [1.165, 1.54) is 0 Å². The lowest BCUT2D eigenvalue weighted by atomic mass is 9.86. The number of furan rings is 1. The molecule has 0 radical (unpaired) electrons. The van der Waals surface area contributed by atoms with Gasteiger partial charge in [-0.15, -0.1) is 0 Å². The van der Waals surface area contributed by atoms with Gasteiger partial charge in [-0.25, -0.2) is 0 Å². The Morgan fingerprint density at radius 1 is 1.38 bits per heavy atom. The fraction of sp³-hybridized carbons (Fsp3) is 0.692. The molecular weight excluding hydrogens is 202 g/mol. The van der Waals surface area contributed by atoms with E-state index in [4.69, 9.17) is 4.42 Å².